The molecule has 0 radical (unpaired) electrons. The molecule has 8 unspecified atom stereocenters. The molecule has 0 aromatic heterocycles. The van der Waals surface area contributed by atoms with Gasteiger partial charge in [-0.3, -0.25) is 9.59 Å². The van der Waals surface area contributed by atoms with Crippen LogP contribution in [-0.4, -0.2) is 99.6 Å². The van der Waals surface area contributed by atoms with E-state index in [9.17, 15) is 35.1 Å². The van der Waals surface area contributed by atoms with Crippen molar-refractivity contribution in [3.05, 3.63) is 48.6 Å². The van der Waals surface area contributed by atoms with E-state index in [1.807, 2.05) is 6.08 Å². The first-order chi connectivity index (χ1) is 32.2. The summed E-state index contributed by atoms with van der Waals surface area (Å²) in [6, 6.07) is -1.03. The molecule has 66 heavy (non-hydrogen) atoms. The van der Waals surface area contributed by atoms with E-state index in [1.165, 1.54) is 83.5 Å². The predicted molar refractivity (Wildman–Crippen MR) is 269 cm³/mol. The van der Waals surface area contributed by atoms with Crippen molar-refractivity contribution in [2.75, 3.05) is 13.2 Å². The second-order valence-corrected chi connectivity index (χ2v) is 18.6. The molecule has 1 fully saturated rings. The number of allylic oxidation sites excluding steroid dienone is 7. The Morgan fingerprint density at radius 1 is 0.591 bits per heavy atom. The number of carbonyl (C=O) groups is 2. The molecule has 1 saturated heterocycles. The Hall–Kier alpha value is -2.38. The lowest BCUT2D eigenvalue weighted by atomic mass is 9.99. The van der Waals surface area contributed by atoms with Gasteiger partial charge in [-0.1, -0.05) is 198 Å². The number of ether oxygens (including phenoxy) is 3. The molecule has 6 N–H and O–H groups in total. The molecular weight excluding hydrogens is 835 g/mol. The lowest BCUT2D eigenvalue weighted by molar-refractivity contribution is -0.305. The van der Waals surface area contributed by atoms with Crippen LogP contribution in [0.25, 0.3) is 0 Å². The normalized spacial score (nSPS) is 20.5. The molecule has 0 aromatic carbocycles. The highest BCUT2D eigenvalue weighted by Gasteiger charge is 2.47. The summed E-state index contributed by atoms with van der Waals surface area (Å²) in [5.74, 6) is -1.22. The van der Waals surface area contributed by atoms with Gasteiger partial charge >= 0.3 is 5.97 Å². The fraction of sp³-hybridized carbons (Fsp3) is 0.818. The number of hydrogen-bond acceptors (Lipinski definition) is 10. The van der Waals surface area contributed by atoms with Crippen LogP contribution < -0.4 is 5.32 Å². The number of aliphatic hydroxyl groups excluding tert-OH is 5. The van der Waals surface area contributed by atoms with Crippen molar-refractivity contribution in [1.29, 1.82) is 0 Å². The van der Waals surface area contributed by atoms with Crippen LogP contribution >= 0.6 is 0 Å². The Balaban J connectivity index is 2.77. The molecule has 0 saturated carbocycles. The maximum absolute atomic E-state index is 13.3. The maximum Gasteiger partial charge on any atom is 0.306 e. The number of esters is 1. The van der Waals surface area contributed by atoms with Crippen molar-refractivity contribution in [3.63, 3.8) is 0 Å². The van der Waals surface area contributed by atoms with Crippen LogP contribution in [0.5, 0.6) is 0 Å². The maximum atomic E-state index is 13.3. The monoisotopic (exact) mass is 934 g/mol. The van der Waals surface area contributed by atoms with Crippen molar-refractivity contribution >= 4 is 11.9 Å². The van der Waals surface area contributed by atoms with Gasteiger partial charge in [0.25, 0.3) is 0 Å². The Kier molecular flexibility index (Phi) is 41.0. The molecule has 1 aliphatic heterocycles. The molecule has 0 spiro atoms. The highest BCUT2D eigenvalue weighted by atomic mass is 16.7. The number of nitrogens with one attached hydrogen (secondary N) is 1. The zero-order chi connectivity index (χ0) is 48.3. The van der Waals surface area contributed by atoms with E-state index < -0.39 is 67.4 Å². The zero-order valence-electron chi connectivity index (χ0n) is 42.1. The third-order valence-electron chi connectivity index (χ3n) is 12.5. The first-order valence-electron chi connectivity index (χ1n) is 26.9. The average Bonchev–Trinajstić information content (AvgIpc) is 3.31. The fourth-order valence-electron chi connectivity index (χ4n) is 8.09. The highest BCUT2D eigenvalue weighted by molar-refractivity contribution is 5.80. The van der Waals surface area contributed by atoms with Crippen molar-refractivity contribution in [2.45, 2.75) is 275 Å². The largest absolute Gasteiger partial charge is 0.454 e. The Labute approximate surface area is 402 Å². The minimum Gasteiger partial charge on any atom is -0.454 e. The van der Waals surface area contributed by atoms with Gasteiger partial charge in [0.2, 0.25) is 5.91 Å². The van der Waals surface area contributed by atoms with E-state index in [-0.39, 0.29) is 19.4 Å². The second kappa shape index (κ2) is 43.9. The van der Waals surface area contributed by atoms with Gasteiger partial charge in [-0.05, 0) is 70.6 Å². The Bertz CT molecular complexity index is 1260. The van der Waals surface area contributed by atoms with Crippen LogP contribution in [0.2, 0.25) is 0 Å². The Morgan fingerprint density at radius 3 is 1.64 bits per heavy atom. The first kappa shape index (κ1) is 61.6. The average molecular weight is 934 g/mol. The molecule has 384 valence electrons. The number of hydrogen-bond donors (Lipinski definition) is 6. The summed E-state index contributed by atoms with van der Waals surface area (Å²) in [5.41, 5.74) is 0. The molecule has 11 heteroatoms. The molecule has 1 aliphatic rings. The van der Waals surface area contributed by atoms with Crippen LogP contribution in [0, 0.1) is 0 Å². The van der Waals surface area contributed by atoms with Gasteiger partial charge in [-0.2, -0.15) is 0 Å². The number of aliphatic hydroxyl groups is 5. The fourth-order valence-corrected chi connectivity index (χ4v) is 8.09. The lowest BCUT2D eigenvalue weighted by Gasteiger charge is -2.41. The summed E-state index contributed by atoms with van der Waals surface area (Å²) < 4.78 is 17.5. The smallest absolute Gasteiger partial charge is 0.306 e. The van der Waals surface area contributed by atoms with Gasteiger partial charge in [0, 0.05) is 6.42 Å². The van der Waals surface area contributed by atoms with E-state index in [4.69, 9.17) is 14.2 Å². The second-order valence-electron chi connectivity index (χ2n) is 18.6. The number of amides is 1. The van der Waals surface area contributed by atoms with E-state index in [0.717, 1.165) is 96.3 Å². The van der Waals surface area contributed by atoms with Gasteiger partial charge in [0.05, 0.1) is 25.4 Å². The van der Waals surface area contributed by atoms with Gasteiger partial charge in [-0.15, -0.1) is 0 Å². The summed E-state index contributed by atoms with van der Waals surface area (Å²) in [4.78, 5) is 26.3. The van der Waals surface area contributed by atoms with E-state index >= 15 is 0 Å². The van der Waals surface area contributed by atoms with Crippen LogP contribution in [-0.2, 0) is 23.8 Å². The van der Waals surface area contributed by atoms with Crippen LogP contribution in [0.4, 0.5) is 0 Å². The van der Waals surface area contributed by atoms with Crippen LogP contribution in [0.1, 0.15) is 226 Å². The minimum absolute atomic E-state index is 0.109. The lowest BCUT2D eigenvalue weighted by Crippen LogP contribution is -2.61. The van der Waals surface area contributed by atoms with Gasteiger partial charge < -0.3 is 45.1 Å². The minimum atomic E-state index is -1.62. The van der Waals surface area contributed by atoms with Crippen molar-refractivity contribution in [1.82, 2.24) is 5.32 Å². The number of rotatable bonds is 44. The summed E-state index contributed by atoms with van der Waals surface area (Å²) in [5, 5.41) is 56.6. The summed E-state index contributed by atoms with van der Waals surface area (Å²) in [7, 11) is 0. The van der Waals surface area contributed by atoms with E-state index in [0.29, 0.717) is 12.8 Å². The molecule has 1 rings (SSSR count). The highest BCUT2D eigenvalue weighted by Crippen LogP contribution is 2.26. The Morgan fingerprint density at radius 2 is 1.06 bits per heavy atom. The predicted octanol–water partition coefficient (Wildman–Crippen LogP) is 11.3. The van der Waals surface area contributed by atoms with Crippen molar-refractivity contribution in [2.24, 2.45) is 0 Å². The van der Waals surface area contributed by atoms with Gasteiger partial charge in [0.1, 0.15) is 24.4 Å². The van der Waals surface area contributed by atoms with Gasteiger partial charge in [0.15, 0.2) is 12.4 Å². The van der Waals surface area contributed by atoms with Crippen molar-refractivity contribution in [3.8, 4) is 0 Å². The summed E-state index contributed by atoms with van der Waals surface area (Å²) in [6.07, 6.45) is 40.2. The molecule has 1 amide bonds. The van der Waals surface area contributed by atoms with E-state index in [2.05, 4.69) is 62.5 Å². The third kappa shape index (κ3) is 32.4. The molecule has 0 aromatic rings. The quantitative estimate of drug-likeness (QED) is 0.0149. The third-order valence-corrected chi connectivity index (χ3v) is 12.5. The van der Waals surface area contributed by atoms with Crippen LogP contribution in [0.3, 0.4) is 0 Å². The molecule has 1 heterocycles. The number of carbonyl (C=O) groups excluding carboxylic acids is 2. The zero-order valence-corrected chi connectivity index (χ0v) is 42.1. The standard InChI is InChI=1S/C55H99NO10/c1-4-7-10-13-16-19-22-24-25-26-28-31-34-37-40-43-50(60)66-53-52(62)51(61)49(44-57)65-55(53)64-45-46(47(58)41-38-35-32-30-27-23-20-17-14-11-8-5-2)56-54(63)48(59)42-39-36-33-29-21-18-15-12-9-6-3/h15-16,18-19,22,24,38,41,46-49,51-53,55,57-59,61-62H,4-14,17,20-21,23,25-37,39-40,42-45H2,1-3H3,(H,56,63)/b18-15-,19-16+,24-22+,41-38+. The van der Waals surface area contributed by atoms with E-state index in [1.54, 1.807) is 6.08 Å². The first-order valence-corrected chi connectivity index (χ1v) is 26.9. The van der Waals surface area contributed by atoms with Gasteiger partial charge in [-0.25, -0.2) is 0 Å². The molecular formula is C55H99NO10. The summed E-state index contributed by atoms with van der Waals surface area (Å²) in [6.45, 7) is 5.67. The molecule has 0 aliphatic carbocycles. The SMILES string of the molecule is CCCC/C=C\CCCCCCC(O)C(=O)NC(COC1OC(CO)C(O)C(O)C1OC(=O)CCCCCCCC/C=C/C=C/CCCCC)C(O)/C=C/CCCCCCCCCCCC. The molecule has 8 atom stereocenters. The molecule has 11 nitrogen and oxygen atoms in total. The number of unbranched alkanes of at least 4 members (excludes halogenated alkanes) is 25. The summed E-state index contributed by atoms with van der Waals surface area (Å²) >= 11 is 0. The topological polar surface area (TPSA) is 175 Å². The van der Waals surface area contributed by atoms with Crippen molar-refractivity contribution < 1.29 is 49.3 Å². The molecule has 0 bridgehead atoms. The van der Waals surface area contributed by atoms with Crippen LogP contribution in [0.15, 0.2) is 48.6 Å².